The Morgan fingerprint density at radius 1 is 1.00 bits per heavy atom. The van der Waals surface area contributed by atoms with Crippen LogP contribution in [0, 0.1) is 11.6 Å². The predicted molar refractivity (Wildman–Crippen MR) is 123 cm³/mol. The summed E-state index contributed by atoms with van der Waals surface area (Å²) in [5.74, 6) is -3.00. The first-order chi connectivity index (χ1) is 16.3. The third kappa shape index (κ3) is 4.64. The Morgan fingerprint density at radius 2 is 1.74 bits per heavy atom. The second-order valence-electron chi connectivity index (χ2n) is 6.99. The fraction of sp³-hybridized carbons (Fsp3) is 0.0435. The Hall–Kier alpha value is -4.12. The summed E-state index contributed by atoms with van der Waals surface area (Å²) in [6.07, 6.45) is -0.708. The summed E-state index contributed by atoms with van der Waals surface area (Å²) in [5.41, 5.74) is 0.952. The smallest absolute Gasteiger partial charge is 0.375 e. The molecule has 0 fully saturated rings. The normalized spacial score (nSPS) is 10.7. The minimum absolute atomic E-state index is 0.000643. The Kier molecular flexibility index (Phi) is 6.37. The quantitative estimate of drug-likeness (QED) is 0.254. The van der Waals surface area contributed by atoms with Gasteiger partial charge < -0.3 is 20.4 Å². The number of amides is 2. The molecule has 0 unspecified atom stereocenters. The van der Waals surface area contributed by atoms with Crippen molar-refractivity contribution in [1.82, 2.24) is 15.3 Å². The van der Waals surface area contributed by atoms with E-state index in [-0.39, 0.29) is 32.9 Å². The molecule has 0 aliphatic rings. The molecule has 4 aromatic rings. The average Bonchev–Trinajstić information content (AvgIpc) is 3.23. The van der Waals surface area contributed by atoms with Crippen LogP contribution in [0.25, 0.3) is 11.0 Å². The van der Waals surface area contributed by atoms with Crippen LogP contribution in [0.3, 0.4) is 0 Å². The molecule has 172 valence electrons. The van der Waals surface area contributed by atoms with Crippen LogP contribution in [-0.2, 0) is 0 Å². The Bertz CT molecular complexity index is 1450. The van der Waals surface area contributed by atoms with Crippen molar-refractivity contribution in [3.8, 4) is 6.01 Å². The summed E-state index contributed by atoms with van der Waals surface area (Å²) < 4.78 is 32.5. The molecule has 0 saturated carbocycles. The van der Waals surface area contributed by atoms with Gasteiger partial charge >= 0.3 is 12.1 Å². The van der Waals surface area contributed by atoms with E-state index in [2.05, 4.69) is 36.5 Å². The minimum Gasteiger partial charge on any atom is -0.375 e. The molecule has 0 atom stereocenters. The van der Waals surface area contributed by atoms with Gasteiger partial charge in [-0.25, -0.2) is 13.6 Å². The molecule has 0 bridgehead atoms. The Morgan fingerprint density at radius 3 is 2.47 bits per heavy atom. The van der Waals surface area contributed by atoms with E-state index in [4.69, 9.17) is 4.74 Å². The molecule has 4 rings (SSSR count). The Labute approximate surface area is 199 Å². The molecular formula is C23H15BrF2N4O4. The number of ether oxygens (including phenoxy) is 1. The SMILES string of the molecule is CNC(=O)Oc1nc2ccc(C(=O)c3ccccc3C(=O)Nc3cc(Br)c(F)cc3F)cc2[nH]1. The van der Waals surface area contributed by atoms with Crippen LogP contribution in [0.5, 0.6) is 6.01 Å². The number of aromatic amines is 1. The minimum atomic E-state index is -0.961. The molecule has 34 heavy (non-hydrogen) atoms. The molecule has 3 N–H and O–H groups in total. The summed E-state index contributed by atoms with van der Waals surface area (Å²) in [4.78, 5) is 44.4. The van der Waals surface area contributed by atoms with E-state index in [1.807, 2.05) is 0 Å². The van der Waals surface area contributed by atoms with Crippen molar-refractivity contribution in [2.75, 3.05) is 12.4 Å². The highest BCUT2D eigenvalue weighted by molar-refractivity contribution is 9.10. The zero-order valence-electron chi connectivity index (χ0n) is 17.4. The van der Waals surface area contributed by atoms with Gasteiger partial charge in [0.15, 0.2) is 5.78 Å². The lowest BCUT2D eigenvalue weighted by Crippen LogP contribution is -2.22. The molecule has 0 spiro atoms. The topological polar surface area (TPSA) is 113 Å². The predicted octanol–water partition coefficient (Wildman–Crippen LogP) is 4.81. The molecular weight excluding hydrogens is 514 g/mol. The summed E-state index contributed by atoms with van der Waals surface area (Å²) in [6, 6.07) is 12.3. The van der Waals surface area contributed by atoms with Gasteiger partial charge in [-0.1, -0.05) is 18.2 Å². The molecule has 11 heteroatoms. The van der Waals surface area contributed by atoms with E-state index in [1.165, 1.54) is 31.3 Å². The molecule has 2 amide bonds. The number of H-pyrrole nitrogens is 1. The number of hydrogen-bond acceptors (Lipinski definition) is 5. The molecule has 3 aromatic carbocycles. The maximum Gasteiger partial charge on any atom is 0.414 e. The molecule has 1 heterocycles. The van der Waals surface area contributed by atoms with Gasteiger partial charge in [0.25, 0.3) is 5.91 Å². The lowest BCUT2D eigenvalue weighted by atomic mass is 9.97. The number of rotatable bonds is 5. The van der Waals surface area contributed by atoms with Crippen LogP contribution < -0.4 is 15.4 Å². The molecule has 0 aliphatic carbocycles. The first-order valence-corrected chi connectivity index (χ1v) is 10.5. The lowest BCUT2D eigenvalue weighted by Gasteiger charge is -2.11. The van der Waals surface area contributed by atoms with Gasteiger partial charge in [-0.15, -0.1) is 0 Å². The van der Waals surface area contributed by atoms with E-state index >= 15 is 0 Å². The summed E-state index contributed by atoms with van der Waals surface area (Å²) in [7, 11) is 1.40. The van der Waals surface area contributed by atoms with Gasteiger partial charge in [-0.2, -0.15) is 4.98 Å². The number of imidazole rings is 1. The number of aromatic nitrogens is 2. The van der Waals surface area contributed by atoms with E-state index in [1.54, 1.807) is 18.2 Å². The van der Waals surface area contributed by atoms with Gasteiger partial charge in [0.2, 0.25) is 0 Å². The molecule has 0 saturated heterocycles. The van der Waals surface area contributed by atoms with Crippen LogP contribution >= 0.6 is 15.9 Å². The second-order valence-corrected chi connectivity index (χ2v) is 7.84. The highest BCUT2D eigenvalue weighted by atomic mass is 79.9. The maximum atomic E-state index is 14.1. The number of fused-ring (bicyclic) bond motifs is 1. The van der Waals surface area contributed by atoms with Crippen molar-refractivity contribution in [2.45, 2.75) is 0 Å². The van der Waals surface area contributed by atoms with E-state index in [0.29, 0.717) is 17.1 Å². The fourth-order valence-electron chi connectivity index (χ4n) is 3.16. The highest BCUT2D eigenvalue weighted by Gasteiger charge is 2.20. The summed E-state index contributed by atoms with van der Waals surface area (Å²) in [5, 5.41) is 4.66. The third-order valence-electron chi connectivity index (χ3n) is 4.79. The summed E-state index contributed by atoms with van der Waals surface area (Å²) >= 11 is 2.95. The average molecular weight is 529 g/mol. The largest absolute Gasteiger partial charge is 0.414 e. The maximum absolute atomic E-state index is 14.1. The first kappa shape index (κ1) is 23.1. The van der Waals surface area contributed by atoms with Crippen LogP contribution in [0.1, 0.15) is 26.3 Å². The second kappa shape index (κ2) is 9.40. The molecule has 1 aromatic heterocycles. The van der Waals surface area contributed by atoms with Crippen molar-refractivity contribution in [2.24, 2.45) is 0 Å². The van der Waals surface area contributed by atoms with Gasteiger partial charge in [0, 0.05) is 24.2 Å². The van der Waals surface area contributed by atoms with Crippen molar-refractivity contribution < 1.29 is 27.9 Å². The molecule has 0 aliphatic heterocycles. The fourth-order valence-corrected chi connectivity index (χ4v) is 3.50. The number of carbonyl (C=O) groups is 3. The zero-order chi connectivity index (χ0) is 24.4. The highest BCUT2D eigenvalue weighted by Crippen LogP contribution is 2.25. The number of ketones is 1. The number of anilines is 1. The van der Waals surface area contributed by atoms with Gasteiger partial charge in [0.05, 0.1) is 26.8 Å². The number of hydrogen-bond donors (Lipinski definition) is 3. The van der Waals surface area contributed by atoms with Crippen molar-refractivity contribution >= 4 is 50.4 Å². The van der Waals surface area contributed by atoms with E-state index in [9.17, 15) is 23.2 Å². The summed E-state index contributed by atoms with van der Waals surface area (Å²) in [6.45, 7) is 0. The zero-order valence-corrected chi connectivity index (χ0v) is 19.0. The van der Waals surface area contributed by atoms with Crippen molar-refractivity contribution in [3.05, 3.63) is 87.4 Å². The monoisotopic (exact) mass is 528 g/mol. The van der Waals surface area contributed by atoms with Gasteiger partial charge in [0.1, 0.15) is 11.6 Å². The third-order valence-corrected chi connectivity index (χ3v) is 5.40. The van der Waals surface area contributed by atoms with Gasteiger partial charge in [-0.05, 0) is 46.3 Å². The molecule has 0 radical (unpaired) electrons. The van der Waals surface area contributed by atoms with Crippen LogP contribution in [0.4, 0.5) is 19.3 Å². The van der Waals surface area contributed by atoms with Gasteiger partial charge in [-0.3, -0.25) is 9.59 Å². The van der Waals surface area contributed by atoms with E-state index in [0.717, 1.165) is 6.07 Å². The van der Waals surface area contributed by atoms with Crippen LogP contribution in [0.2, 0.25) is 0 Å². The Balaban J connectivity index is 1.63. The van der Waals surface area contributed by atoms with Crippen LogP contribution in [0.15, 0.2) is 59.1 Å². The number of nitrogens with zero attached hydrogens (tertiary/aromatic N) is 1. The van der Waals surface area contributed by atoms with Crippen LogP contribution in [-0.4, -0.2) is 34.8 Å². The van der Waals surface area contributed by atoms with E-state index < -0.39 is 29.4 Å². The number of benzene rings is 3. The number of carbonyl (C=O) groups excluding carboxylic acids is 3. The standard InChI is InChI=1S/C23H15BrF2N4O4/c1-27-23(33)34-22-29-17-7-6-11(8-19(17)30-22)20(31)12-4-2-3-5-13(12)21(32)28-18-9-14(24)15(25)10-16(18)26/h2-10H,1H3,(H,27,33)(H,28,32)(H,29,30). The first-order valence-electron chi connectivity index (χ1n) is 9.75. The lowest BCUT2D eigenvalue weighted by molar-refractivity contribution is 0.0996. The van der Waals surface area contributed by atoms with Crippen molar-refractivity contribution in [1.29, 1.82) is 0 Å². The number of nitrogens with one attached hydrogen (secondary N) is 3. The number of halogens is 3. The molecule has 8 nitrogen and oxygen atoms in total. The van der Waals surface area contributed by atoms with Crippen molar-refractivity contribution in [3.63, 3.8) is 0 Å².